The first kappa shape index (κ1) is 18.6. The number of carbonyl (C=O) groups is 2. The number of rotatable bonds is 5. The van der Waals surface area contributed by atoms with Crippen molar-refractivity contribution < 1.29 is 9.59 Å². The van der Waals surface area contributed by atoms with Crippen molar-refractivity contribution in [1.29, 1.82) is 0 Å². The van der Waals surface area contributed by atoms with Gasteiger partial charge in [0.2, 0.25) is 0 Å². The smallest absolute Gasteiger partial charge is 0.256 e. The van der Waals surface area contributed by atoms with Crippen LogP contribution in [0.3, 0.4) is 0 Å². The molecular formula is C20H25N3O2S. The maximum Gasteiger partial charge on any atom is 0.256 e. The van der Waals surface area contributed by atoms with Crippen LogP contribution in [-0.4, -0.2) is 36.3 Å². The van der Waals surface area contributed by atoms with Crippen LogP contribution in [0.25, 0.3) is 0 Å². The van der Waals surface area contributed by atoms with Crippen molar-refractivity contribution in [3.05, 3.63) is 52.4 Å². The number of anilines is 1. The summed E-state index contributed by atoms with van der Waals surface area (Å²) in [6, 6.07) is 9.31. The number of amides is 2. The van der Waals surface area contributed by atoms with Gasteiger partial charge in [0, 0.05) is 18.7 Å². The summed E-state index contributed by atoms with van der Waals surface area (Å²) in [5.41, 5.74) is 8.14. The number of aryl methyl sites for hydroxylation is 1. The average molecular weight is 372 g/mol. The molecule has 2 heterocycles. The molecule has 2 amide bonds. The zero-order valence-corrected chi connectivity index (χ0v) is 16.1. The molecule has 0 bridgehead atoms. The fourth-order valence-electron chi connectivity index (χ4n) is 3.18. The van der Waals surface area contributed by atoms with Crippen molar-refractivity contribution in [2.75, 3.05) is 25.0 Å². The summed E-state index contributed by atoms with van der Waals surface area (Å²) in [6.07, 6.45) is 1.84. The van der Waals surface area contributed by atoms with Gasteiger partial charge in [-0.15, -0.1) is 11.3 Å². The number of likely N-dealkylation sites (tertiary alicyclic amines) is 1. The molecule has 1 aliphatic rings. The van der Waals surface area contributed by atoms with E-state index >= 15 is 0 Å². The Hall–Kier alpha value is -2.18. The molecule has 6 heteroatoms. The highest BCUT2D eigenvalue weighted by molar-refractivity contribution is 7.14. The third-order valence-electron chi connectivity index (χ3n) is 5.08. The first-order valence-corrected chi connectivity index (χ1v) is 9.81. The van der Waals surface area contributed by atoms with Crippen molar-refractivity contribution in [3.8, 4) is 0 Å². The van der Waals surface area contributed by atoms with E-state index in [0.717, 1.165) is 12.8 Å². The minimum absolute atomic E-state index is 0.0177. The predicted octanol–water partition coefficient (Wildman–Crippen LogP) is 3.37. The second-order valence-corrected chi connectivity index (χ2v) is 8.08. The van der Waals surface area contributed by atoms with Crippen LogP contribution in [0, 0.1) is 5.41 Å². The Bertz CT molecular complexity index is 800. The highest BCUT2D eigenvalue weighted by atomic mass is 32.1. The van der Waals surface area contributed by atoms with Crippen molar-refractivity contribution in [1.82, 2.24) is 4.90 Å². The molecule has 1 atom stereocenters. The van der Waals surface area contributed by atoms with E-state index in [9.17, 15) is 9.59 Å². The molecule has 5 nitrogen and oxygen atoms in total. The summed E-state index contributed by atoms with van der Waals surface area (Å²) < 4.78 is 0. The minimum atomic E-state index is -0.197. The standard InChI is InChI=1S/C20H25N3O2S/c1-3-14-4-6-15(7-5-14)17(24)22-18-16(8-11-26-18)19(25)23-10-9-20(2,12-21)13-23/h4-8,11H,3,9-10,12-13,21H2,1-2H3,(H,22,24). The fourth-order valence-corrected chi connectivity index (χ4v) is 3.95. The predicted molar refractivity (Wildman–Crippen MR) is 106 cm³/mol. The molecular weight excluding hydrogens is 346 g/mol. The Kier molecular flexibility index (Phi) is 5.44. The van der Waals surface area contributed by atoms with Gasteiger partial charge in [0.25, 0.3) is 11.8 Å². The number of carbonyl (C=O) groups excluding carboxylic acids is 2. The van der Waals surface area contributed by atoms with Crippen LogP contribution in [0.4, 0.5) is 5.00 Å². The van der Waals surface area contributed by atoms with E-state index in [1.165, 1.54) is 16.9 Å². The second-order valence-electron chi connectivity index (χ2n) is 7.16. The van der Waals surface area contributed by atoms with Crippen molar-refractivity contribution in [3.63, 3.8) is 0 Å². The lowest BCUT2D eigenvalue weighted by Gasteiger charge is -2.22. The molecule has 138 valence electrons. The van der Waals surface area contributed by atoms with Gasteiger partial charge in [-0.05, 0) is 53.9 Å². The van der Waals surface area contributed by atoms with E-state index in [2.05, 4.69) is 19.2 Å². The number of nitrogens with one attached hydrogen (secondary N) is 1. The summed E-state index contributed by atoms with van der Waals surface area (Å²) in [5, 5.41) is 5.32. The number of nitrogens with zero attached hydrogens (tertiary/aromatic N) is 1. The number of hydrogen-bond donors (Lipinski definition) is 2. The van der Waals surface area contributed by atoms with Gasteiger partial charge in [0.05, 0.1) is 5.56 Å². The summed E-state index contributed by atoms with van der Waals surface area (Å²) in [7, 11) is 0. The zero-order chi connectivity index (χ0) is 18.7. The highest BCUT2D eigenvalue weighted by Gasteiger charge is 2.36. The van der Waals surface area contributed by atoms with Crippen LogP contribution < -0.4 is 11.1 Å². The van der Waals surface area contributed by atoms with Gasteiger partial charge >= 0.3 is 0 Å². The number of hydrogen-bond acceptors (Lipinski definition) is 4. The Morgan fingerprint density at radius 2 is 2.00 bits per heavy atom. The van der Waals surface area contributed by atoms with E-state index in [0.29, 0.717) is 35.8 Å². The molecule has 0 spiro atoms. The zero-order valence-electron chi connectivity index (χ0n) is 15.2. The third kappa shape index (κ3) is 3.81. The first-order valence-electron chi connectivity index (χ1n) is 8.93. The maximum absolute atomic E-state index is 12.9. The van der Waals surface area contributed by atoms with Crippen LogP contribution >= 0.6 is 11.3 Å². The van der Waals surface area contributed by atoms with E-state index in [1.54, 1.807) is 6.07 Å². The molecule has 0 saturated carbocycles. The molecule has 1 unspecified atom stereocenters. The molecule has 26 heavy (non-hydrogen) atoms. The summed E-state index contributed by atoms with van der Waals surface area (Å²) >= 11 is 1.37. The lowest BCUT2D eigenvalue weighted by atomic mass is 9.90. The SMILES string of the molecule is CCc1ccc(C(=O)Nc2sccc2C(=O)N2CCC(C)(CN)C2)cc1. The van der Waals surface area contributed by atoms with E-state index in [-0.39, 0.29) is 17.2 Å². The normalized spacial score (nSPS) is 19.6. The molecule has 1 aromatic carbocycles. The van der Waals surface area contributed by atoms with Gasteiger partial charge in [0.1, 0.15) is 5.00 Å². The lowest BCUT2D eigenvalue weighted by molar-refractivity contribution is 0.0778. The van der Waals surface area contributed by atoms with Crippen LogP contribution in [0.15, 0.2) is 35.7 Å². The quantitative estimate of drug-likeness (QED) is 0.846. The molecule has 2 aromatic rings. The fraction of sp³-hybridized carbons (Fsp3) is 0.400. The van der Waals surface area contributed by atoms with Gasteiger partial charge in [0.15, 0.2) is 0 Å². The van der Waals surface area contributed by atoms with Gasteiger partial charge in [-0.1, -0.05) is 26.0 Å². The minimum Gasteiger partial charge on any atom is -0.338 e. The van der Waals surface area contributed by atoms with Crippen LogP contribution in [-0.2, 0) is 6.42 Å². The third-order valence-corrected chi connectivity index (χ3v) is 5.91. The second kappa shape index (κ2) is 7.60. The Labute approximate surface area is 158 Å². The molecule has 3 rings (SSSR count). The first-order chi connectivity index (χ1) is 12.5. The molecule has 1 aliphatic heterocycles. The Balaban J connectivity index is 1.72. The largest absolute Gasteiger partial charge is 0.338 e. The maximum atomic E-state index is 12.9. The molecule has 1 saturated heterocycles. The van der Waals surface area contributed by atoms with Crippen LogP contribution in [0.1, 0.15) is 46.5 Å². The van der Waals surface area contributed by atoms with E-state index < -0.39 is 0 Å². The average Bonchev–Trinajstić information content (AvgIpc) is 3.28. The van der Waals surface area contributed by atoms with Gasteiger partial charge < -0.3 is 16.0 Å². The lowest BCUT2D eigenvalue weighted by Crippen LogP contribution is -2.34. The topological polar surface area (TPSA) is 75.4 Å². The Morgan fingerprint density at radius 3 is 2.62 bits per heavy atom. The van der Waals surface area contributed by atoms with Crippen LogP contribution in [0.5, 0.6) is 0 Å². The van der Waals surface area contributed by atoms with E-state index in [1.807, 2.05) is 34.5 Å². The van der Waals surface area contributed by atoms with Crippen LogP contribution in [0.2, 0.25) is 0 Å². The van der Waals surface area contributed by atoms with Crippen molar-refractivity contribution in [2.45, 2.75) is 26.7 Å². The van der Waals surface area contributed by atoms with Crippen molar-refractivity contribution >= 4 is 28.2 Å². The molecule has 3 N–H and O–H groups in total. The van der Waals surface area contributed by atoms with Gasteiger partial charge in [-0.3, -0.25) is 9.59 Å². The highest BCUT2D eigenvalue weighted by Crippen LogP contribution is 2.32. The summed E-state index contributed by atoms with van der Waals surface area (Å²) in [5.74, 6) is -0.238. The molecule has 1 aromatic heterocycles. The number of thiophene rings is 1. The van der Waals surface area contributed by atoms with Gasteiger partial charge in [-0.2, -0.15) is 0 Å². The number of nitrogens with two attached hydrogens (primary N) is 1. The summed E-state index contributed by atoms with van der Waals surface area (Å²) in [6.45, 7) is 6.11. The van der Waals surface area contributed by atoms with E-state index in [4.69, 9.17) is 5.73 Å². The Morgan fingerprint density at radius 1 is 1.27 bits per heavy atom. The summed E-state index contributed by atoms with van der Waals surface area (Å²) in [4.78, 5) is 27.2. The number of benzene rings is 1. The van der Waals surface area contributed by atoms with Gasteiger partial charge in [-0.25, -0.2) is 0 Å². The molecule has 0 radical (unpaired) electrons. The van der Waals surface area contributed by atoms with Crippen molar-refractivity contribution in [2.24, 2.45) is 11.1 Å². The molecule has 0 aliphatic carbocycles. The monoisotopic (exact) mass is 371 g/mol. The molecule has 1 fully saturated rings.